The average molecular weight is 233 g/mol. The molecule has 0 fully saturated rings. The molecule has 17 heavy (non-hydrogen) atoms. The lowest BCUT2D eigenvalue weighted by atomic mass is 9.87. The highest BCUT2D eigenvalue weighted by molar-refractivity contribution is 6.00. The first-order valence-electron chi connectivity index (χ1n) is 6.27. The van der Waals surface area contributed by atoms with Crippen LogP contribution in [0.25, 0.3) is 0 Å². The molecule has 0 unspecified atom stereocenters. The van der Waals surface area contributed by atoms with Crippen LogP contribution in [0.15, 0.2) is 35.5 Å². The monoisotopic (exact) mass is 233 g/mol. The summed E-state index contributed by atoms with van der Waals surface area (Å²) in [5.41, 5.74) is 2.40. The second kappa shape index (κ2) is 6.43. The van der Waals surface area contributed by atoms with Gasteiger partial charge in [0, 0.05) is 0 Å². The van der Waals surface area contributed by atoms with E-state index in [2.05, 4.69) is 45.0 Å². The summed E-state index contributed by atoms with van der Waals surface area (Å²) in [5, 5.41) is 4.29. The van der Waals surface area contributed by atoms with Crippen molar-refractivity contribution in [1.82, 2.24) is 0 Å². The Morgan fingerprint density at radius 3 is 2.35 bits per heavy atom. The van der Waals surface area contributed by atoms with Crippen LogP contribution in [0.4, 0.5) is 0 Å². The van der Waals surface area contributed by atoms with E-state index in [1.165, 1.54) is 0 Å². The molecule has 0 saturated heterocycles. The van der Waals surface area contributed by atoms with Gasteiger partial charge in [0.25, 0.3) is 0 Å². The van der Waals surface area contributed by atoms with Gasteiger partial charge in [0.2, 0.25) is 0 Å². The molecule has 2 heteroatoms. The Bertz CT molecular complexity index is 349. The summed E-state index contributed by atoms with van der Waals surface area (Å²) in [5.74, 6) is 0. The molecular weight excluding hydrogens is 210 g/mol. The van der Waals surface area contributed by atoms with E-state index in [1.54, 1.807) is 0 Å². The van der Waals surface area contributed by atoms with Crippen molar-refractivity contribution >= 4 is 5.71 Å². The number of oxime groups is 1. The number of benzene rings is 1. The van der Waals surface area contributed by atoms with Crippen LogP contribution in [0.2, 0.25) is 0 Å². The average Bonchev–Trinajstić information content (AvgIpc) is 2.28. The highest BCUT2D eigenvalue weighted by atomic mass is 16.6. The third-order valence-corrected chi connectivity index (χ3v) is 2.27. The number of rotatable bonds is 5. The van der Waals surface area contributed by atoms with Crippen molar-refractivity contribution in [3.63, 3.8) is 0 Å². The Morgan fingerprint density at radius 1 is 1.18 bits per heavy atom. The largest absolute Gasteiger partial charge is 0.396 e. The van der Waals surface area contributed by atoms with Crippen molar-refractivity contribution in [2.24, 2.45) is 10.6 Å². The maximum Gasteiger partial charge on any atom is 0.116 e. The maximum absolute atomic E-state index is 5.33. The van der Waals surface area contributed by atoms with Crippen LogP contribution in [-0.2, 0) is 4.84 Å². The Hall–Kier alpha value is -1.31. The summed E-state index contributed by atoms with van der Waals surface area (Å²) >= 11 is 0. The summed E-state index contributed by atoms with van der Waals surface area (Å²) in [7, 11) is 0. The lowest BCUT2D eigenvalue weighted by molar-refractivity contribution is 0.143. The van der Waals surface area contributed by atoms with Crippen LogP contribution in [0.5, 0.6) is 0 Å². The van der Waals surface area contributed by atoms with Gasteiger partial charge < -0.3 is 4.84 Å². The summed E-state index contributed by atoms with van der Waals surface area (Å²) in [6.45, 7) is 9.41. The van der Waals surface area contributed by atoms with Gasteiger partial charge in [-0.2, -0.15) is 0 Å². The zero-order valence-corrected chi connectivity index (χ0v) is 11.4. The van der Waals surface area contributed by atoms with E-state index in [1.807, 2.05) is 18.2 Å². The topological polar surface area (TPSA) is 21.6 Å². The predicted octanol–water partition coefficient (Wildman–Crippen LogP) is 4.25. The van der Waals surface area contributed by atoms with Crippen LogP contribution in [-0.4, -0.2) is 12.3 Å². The van der Waals surface area contributed by atoms with Gasteiger partial charge in [0.15, 0.2) is 0 Å². The SMILES string of the molecule is CCCO/N=C(/CC(C)(C)C)c1ccccc1. The molecule has 0 radical (unpaired) electrons. The van der Waals surface area contributed by atoms with Crippen LogP contribution < -0.4 is 0 Å². The number of nitrogens with zero attached hydrogens (tertiary/aromatic N) is 1. The lowest BCUT2D eigenvalue weighted by Crippen LogP contribution is -2.14. The maximum atomic E-state index is 5.33. The molecule has 94 valence electrons. The van der Waals surface area contributed by atoms with Gasteiger partial charge in [-0.25, -0.2) is 0 Å². The Labute approximate surface area is 105 Å². The predicted molar refractivity (Wildman–Crippen MR) is 73.3 cm³/mol. The molecule has 0 aromatic heterocycles. The smallest absolute Gasteiger partial charge is 0.116 e. The van der Waals surface area contributed by atoms with Gasteiger partial charge in [0.05, 0.1) is 5.71 Å². The first-order chi connectivity index (χ1) is 8.03. The highest BCUT2D eigenvalue weighted by Crippen LogP contribution is 2.22. The fourth-order valence-electron chi connectivity index (χ4n) is 1.53. The summed E-state index contributed by atoms with van der Waals surface area (Å²) < 4.78 is 0. The molecular formula is C15H23NO. The summed E-state index contributed by atoms with van der Waals surface area (Å²) in [6.07, 6.45) is 1.90. The quantitative estimate of drug-likeness (QED) is 0.423. The van der Waals surface area contributed by atoms with Crippen molar-refractivity contribution in [2.75, 3.05) is 6.61 Å². The number of hydrogen-bond donors (Lipinski definition) is 0. The van der Waals surface area contributed by atoms with Crippen LogP contribution in [0.1, 0.15) is 46.1 Å². The summed E-state index contributed by atoms with van der Waals surface area (Å²) in [4.78, 5) is 5.33. The van der Waals surface area contributed by atoms with Crippen molar-refractivity contribution in [3.05, 3.63) is 35.9 Å². The fourth-order valence-corrected chi connectivity index (χ4v) is 1.53. The first kappa shape index (κ1) is 13.8. The zero-order valence-electron chi connectivity index (χ0n) is 11.4. The van der Waals surface area contributed by atoms with Gasteiger partial charge in [-0.05, 0) is 23.8 Å². The van der Waals surface area contributed by atoms with E-state index in [-0.39, 0.29) is 5.41 Å². The van der Waals surface area contributed by atoms with Crippen molar-refractivity contribution in [3.8, 4) is 0 Å². The molecule has 0 saturated carbocycles. The fraction of sp³-hybridized carbons (Fsp3) is 0.533. The molecule has 0 atom stereocenters. The van der Waals surface area contributed by atoms with E-state index >= 15 is 0 Å². The molecule has 0 heterocycles. The van der Waals surface area contributed by atoms with E-state index in [0.29, 0.717) is 6.61 Å². The van der Waals surface area contributed by atoms with Crippen molar-refractivity contribution in [1.29, 1.82) is 0 Å². The third kappa shape index (κ3) is 5.53. The normalized spacial score (nSPS) is 12.6. The second-order valence-electron chi connectivity index (χ2n) is 5.47. The minimum Gasteiger partial charge on any atom is -0.396 e. The third-order valence-electron chi connectivity index (χ3n) is 2.27. The van der Waals surface area contributed by atoms with Gasteiger partial charge in [-0.15, -0.1) is 0 Å². The molecule has 2 nitrogen and oxygen atoms in total. The molecule has 0 aliphatic carbocycles. The van der Waals surface area contributed by atoms with Crippen LogP contribution in [0.3, 0.4) is 0 Å². The number of hydrogen-bond acceptors (Lipinski definition) is 2. The minimum absolute atomic E-state index is 0.213. The Balaban J connectivity index is 2.83. The molecule has 1 aromatic carbocycles. The van der Waals surface area contributed by atoms with Crippen molar-refractivity contribution in [2.45, 2.75) is 40.5 Å². The van der Waals surface area contributed by atoms with Crippen molar-refractivity contribution < 1.29 is 4.84 Å². The van der Waals surface area contributed by atoms with E-state index < -0.39 is 0 Å². The van der Waals surface area contributed by atoms with E-state index in [0.717, 1.165) is 24.1 Å². The van der Waals surface area contributed by atoms with Crippen LogP contribution >= 0.6 is 0 Å². The highest BCUT2D eigenvalue weighted by Gasteiger charge is 2.16. The molecule has 0 bridgehead atoms. The molecule has 1 rings (SSSR count). The summed E-state index contributed by atoms with van der Waals surface area (Å²) in [6, 6.07) is 10.3. The minimum atomic E-state index is 0.213. The zero-order chi connectivity index (χ0) is 12.7. The molecule has 0 aliphatic heterocycles. The molecule has 1 aromatic rings. The standard InChI is InChI=1S/C15H23NO/c1-5-11-17-16-14(12-15(2,3)4)13-9-7-6-8-10-13/h6-10H,5,11-12H2,1-4H3/b16-14-. The van der Waals surface area contributed by atoms with Gasteiger partial charge in [-0.3, -0.25) is 0 Å². The Kier molecular flexibility index (Phi) is 5.20. The molecule has 0 amide bonds. The van der Waals surface area contributed by atoms with Gasteiger partial charge in [0.1, 0.15) is 6.61 Å². The molecule has 0 N–H and O–H groups in total. The lowest BCUT2D eigenvalue weighted by Gasteiger charge is -2.19. The van der Waals surface area contributed by atoms with Gasteiger partial charge in [-0.1, -0.05) is 63.2 Å². The van der Waals surface area contributed by atoms with Crippen LogP contribution in [0, 0.1) is 5.41 Å². The van der Waals surface area contributed by atoms with E-state index in [4.69, 9.17) is 4.84 Å². The first-order valence-corrected chi connectivity index (χ1v) is 6.27. The second-order valence-corrected chi connectivity index (χ2v) is 5.47. The Morgan fingerprint density at radius 2 is 1.82 bits per heavy atom. The van der Waals surface area contributed by atoms with Gasteiger partial charge >= 0.3 is 0 Å². The molecule has 0 aliphatic rings. The molecule has 0 spiro atoms. The van der Waals surface area contributed by atoms with E-state index in [9.17, 15) is 0 Å².